The van der Waals surface area contributed by atoms with Crippen LogP contribution in [0.5, 0.6) is 0 Å². The van der Waals surface area contributed by atoms with Gasteiger partial charge < -0.3 is 15.4 Å². The van der Waals surface area contributed by atoms with Crippen LogP contribution in [0.1, 0.15) is 47.7 Å². The molecule has 128 valence electrons. The fraction of sp³-hybridized carbons (Fsp3) is 0.438. The smallest absolute Gasteiger partial charge is 0.276 e. The summed E-state index contributed by atoms with van der Waals surface area (Å²) in [6, 6.07) is 3.51. The van der Waals surface area contributed by atoms with Crippen LogP contribution in [-0.4, -0.2) is 40.8 Å². The number of morpholine rings is 1. The molecule has 3 heterocycles. The van der Waals surface area contributed by atoms with Gasteiger partial charge in [-0.15, -0.1) is 0 Å². The Hall–Kier alpha value is -2.32. The Morgan fingerprint density at radius 2 is 2.29 bits per heavy atom. The van der Waals surface area contributed by atoms with E-state index in [0.29, 0.717) is 18.8 Å². The number of pyridine rings is 1. The summed E-state index contributed by atoms with van der Waals surface area (Å²) in [6.45, 7) is 5.80. The maximum atomic E-state index is 14.1. The monoisotopic (exact) mass is 333 g/mol. The zero-order chi connectivity index (χ0) is 17.1. The molecule has 1 amide bonds. The van der Waals surface area contributed by atoms with Crippen LogP contribution in [0.4, 0.5) is 10.1 Å². The van der Waals surface area contributed by atoms with Crippen LogP contribution >= 0.6 is 0 Å². The van der Waals surface area contributed by atoms with Crippen molar-refractivity contribution in [1.82, 2.24) is 20.5 Å². The van der Waals surface area contributed by atoms with Crippen molar-refractivity contribution in [1.29, 1.82) is 0 Å². The van der Waals surface area contributed by atoms with E-state index in [4.69, 9.17) is 4.74 Å². The van der Waals surface area contributed by atoms with Gasteiger partial charge in [0, 0.05) is 19.0 Å². The van der Waals surface area contributed by atoms with Gasteiger partial charge in [-0.25, -0.2) is 4.39 Å². The summed E-state index contributed by atoms with van der Waals surface area (Å²) in [7, 11) is 0. The van der Waals surface area contributed by atoms with Crippen molar-refractivity contribution in [2.45, 2.75) is 25.9 Å². The number of aromatic amines is 1. The lowest BCUT2D eigenvalue weighted by molar-refractivity contribution is 0.0250. The van der Waals surface area contributed by atoms with Crippen LogP contribution in [-0.2, 0) is 4.74 Å². The highest BCUT2D eigenvalue weighted by atomic mass is 19.1. The highest BCUT2D eigenvalue weighted by molar-refractivity contribution is 6.03. The van der Waals surface area contributed by atoms with Gasteiger partial charge in [-0.05, 0) is 12.1 Å². The summed E-state index contributed by atoms with van der Waals surface area (Å²) < 4.78 is 19.8. The van der Waals surface area contributed by atoms with Crippen molar-refractivity contribution in [3.63, 3.8) is 0 Å². The number of amides is 1. The van der Waals surface area contributed by atoms with Crippen molar-refractivity contribution < 1.29 is 13.9 Å². The average Bonchev–Trinajstić information content (AvgIpc) is 2.98. The minimum absolute atomic E-state index is 0.0952. The molecule has 2 aromatic heterocycles. The molecule has 0 saturated carbocycles. The lowest BCUT2D eigenvalue weighted by atomic mass is 10.1. The van der Waals surface area contributed by atoms with E-state index in [0.717, 1.165) is 12.2 Å². The van der Waals surface area contributed by atoms with Crippen LogP contribution < -0.4 is 10.6 Å². The van der Waals surface area contributed by atoms with Crippen LogP contribution in [0.2, 0.25) is 0 Å². The topological polar surface area (TPSA) is 91.9 Å². The van der Waals surface area contributed by atoms with Crippen LogP contribution in [0.15, 0.2) is 18.3 Å². The summed E-state index contributed by atoms with van der Waals surface area (Å²) in [5.74, 6) is -1.31. The minimum Gasteiger partial charge on any atom is -0.369 e. The van der Waals surface area contributed by atoms with E-state index in [1.807, 2.05) is 13.8 Å². The molecule has 0 spiro atoms. The summed E-state index contributed by atoms with van der Waals surface area (Å²) in [4.78, 5) is 16.5. The Morgan fingerprint density at radius 3 is 2.88 bits per heavy atom. The number of aromatic nitrogens is 3. The van der Waals surface area contributed by atoms with E-state index in [-0.39, 0.29) is 23.4 Å². The van der Waals surface area contributed by atoms with Gasteiger partial charge in [-0.3, -0.25) is 14.9 Å². The van der Waals surface area contributed by atoms with E-state index in [9.17, 15) is 9.18 Å². The van der Waals surface area contributed by atoms with Gasteiger partial charge >= 0.3 is 0 Å². The van der Waals surface area contributed by atoms with Gasteiger partial charge in [-0.2, -0.15) is 5.10 Å². The maximum absolute atomic E-state index is 14.1. The van der Waals surface area contributed by atoms with Crippen molar-refractivity contribution in [2.75, 3.05) is 25.0 Å². The molecule has 0 aromatic carbocycles. The van der Waals surface area contributed by atoms with Gasteiger partial charge in [0.15, 0.2) is 11.5 Å². The van der Waals surface area contributed by atoms with Crippen molar-refractivity contribution >= 4 is 11.6 Å². The zero-order valence-corrected chi connectivity index (χ0v) is 13.6. The molecule has 0 aliphatic carbocycles. The van der Waals surface area contributed by atoms with E-state index in [1.165, 1.54) is 6.20 Å². The number of nitrogens with one attached hydrogen (secondary N) is 3. The highest BCUT2D eigenvalue weighted by Gasteiger charge is 2.21. The third-order valence-electron chi connectivity index (χ3n) is 3.81. The molecule has 8 heteroatoms. The SMILES string of the molecule is CC(C)c1n[nH]c(C(=O)Nc2ccc(C3CNCCO3)nc2)c1F. The van der Waals surface area contributed by atoms with Gasteiger partial charge in [-0.1, -0.05) is 13.8 Å². The molecule has 24 heavy (non-hydrogen) atoms. The second-order valence-corrected chi connectivity index (χ2v) is 5.94. The molecule has 1 aliphatic rings. The van der Waals surface area contributed by atoms with Crippen molar-refractivity contribution in [3.8, 4) is 0 Å². The van der Waals surface area contributed by atoms with Crippen molar-refractivity contribution in [2.24, 2.45) is 0 Å². The maximum Gasteiger partial charge on any atom is 0.276 e. The summed E-state index contributed by atoms with van der Waals surface area (Å²) in [6.07, 6.45) is 1.44. The van der Waals surface area contributed by atoms with E-state index in [2.05, 4.69) is 25.8 Å². The second kappa shape index (κ2) is 7.06. The quantitative estimate of drug-likeness (QED) is 0.796. The first kappa shape index (κ1) is 16.5. The molecule has 2 aromatic rings. The number of hydrogen-bond donors (Lipinski definition) is 3. The Morgan fingerprint density at radius 1 is 1.46 bits per heavy atom. The van der Waals surface area contributed by atoms with Crippen LogP contribution in [0.3, 0.4) is 0 Å². The molecule has 1 aliphatic heterocycles. The Labute approximate surface area is 139 Å². The van der Waals surface area contributed by atoms with Crippen molar-refractivity contribution in [3.05, 3.63) is 41.2 Å². The van der Waals surface area contributed by atoms with Crippen LogP contribution in [0, 0.1) is 5.82 Å². The van der Waals surface area contributed by atoms with E-state index >= 15 is 0 Å². The second-order valence-electron chi connectivity index (χ2n) is 5.94. The first-order chi connectivity index (χ1) is 11.6. The number of nitrogens with zero attached hydrogens (tertiary/aromatic N) is 2. The molecule has 1 saturated heterocycles. The first-order valence-electron chi connectivity index (χ1n) is 7.89. The zero-order valence-electron chi connectivity index (χ0n) is 13.6. The van der Waals surface area contributed by atoms with Gasteiger partial charge in [0.25, 0.3) is 5.91 Å². The lowest BCUT2D eigenvalue weighted by Crippen LogP contribution is -2.33. The van der Waals surface area contributed by atoms with Crippen LogP contribution in [0.25, 0.3) is 0 Å². The number of carbonyl (C=O) groups is 1. The Bertz CT molecular complexity index is 708. The third-order valence-corrected chi connectivity index (χ3v) is 3.81. The summed E-state index contributed by atoms with van der Waals surface area (Å²) >= 11 is 0. The van der Waals surface area contributed by atoms with Gasteiger partial charge in [0.1, 0.15) is 11.8 Å². The Balaban J connectivity index is 1.68. The molecule has 3 N–H and O–H groups in total. The fourth-order valence-corrected chi connectivity index (χ4v) is 2.49. The number of H-pyrrole nitrogens is 1. The number of rotatable bonds is 4. The number of carbonyl (C=O) groups excluding carboxylic acids is 1. The summed E-state index contributed by atoms with van der Waals surface area (Å²) in [5, 5.41) is 12.2. The predicted octanol–water partition coefficient (Wildman–Crippen LogP) is 1.98. The number of ether oxygens (including phenoxy) is 1. The first-order valence-corrected chi connectivity index (χ1v) is 7.89. The molecule has 0 radical (unpaired) electrons. The normalized spacial score (nSPS) is 17.9. The number of anilines is 1. The molecule has 1 fully saturated rings. The van der Waals surface area contributed by atoms with E-state index < -0.39 is 11.7 Å². The lowest BCUT2D eigenvalue weighted by Gasteiger charge is -2.23. The fourth-order valence-electron chi connectivity index (χ4n) is 2.49. The third kappa shape index (κ3) is 3.44. The molecule has 7 nitrogen and oxygen atoms in total. The molecule has 0 bridgehead atoms. The van der Waals surface area contributed by atoms with E-state index in [1.54, 1.807) is 12.1 Å². The average molecular weight is 333 g/mol. The van der Waals surface area contributed by atoms with Gasteiger partial charge in [0.2, 0.25) is 0 Å². The molecular weight excluding hydrogens is 313 g/mol. The summed E-state index contributed by atoms with van der Waals surface area (Å²) in [5.41, 5.74) is 1.33. The molecule has 1 unspecified atom stereocenters. The molecule has 3 rings (SSSR count). The molecular formula is C16H20FN5O2. The largest absolute Gasteiger partial charge is 0.369 e. The standard InChI is InChI=1S/C16H20FN5O2/c1-9(2)14-13(17)15(22-21-14)16(23)20-10-3-4-11(19-7-10)12-8-18-5-6-24-12/h3-4,7,9,12,18H,5-6,8H2,1-2H3,(H,20,23)(H,21,22). The Kier molecular flexibility index (Phi) is 4.86. The molecule has 1 atom stereocenters. The number of hydrogen-bond acceptors (Lipinski definition) is 5. The number of halogens is 1. The minimum atomic E-state index is -0.617. The van der Waals surface area contributed by atoms with Gasteiger partial charge in [0.05, 0.1) is 24.2 Å². The highest BCUT2D eigenvalue weighted by Crippen LogP contribution is 2.20. The predicted molar refractivity (Wildman–Crippen MR) is 86.4 cm³/mol.